The quantitative estimate of drug-likeness (QED) is 0.505. The van der Waals surface area contributed by atoms with Crippen LogP contribution in [-0.4, -0.2) is 27.3 Å². The second-order valence-corrected chi connectivity index (χ2v) is 6.18. The maximum absolute atomic E-state index is 10.6. The fourth-order valence-electron chi connectivity index (χ4n) is 3.16. The number of phenols is 2. The second-order valence-electron chi connectivity index (χ2n) is 6.18. The van der Waals surface area contributed by atoms with Crippen LogP contribution in [0.25, 0.3) is 33.3 Å². The van der Waals surface area contributed by atoms with Gasteiger partial charge in [-0.3, -0.25) is 0 Å². The minimum absolute atomic E-state index is 0.188. The molecule has 0 spiro atoms. The van der Waals surface area contributed by atoms with Crippen LogP contribution in [0.1, 0.15) is 5.56 Å². The predicted octanol–water partition coefficient (Wildman–Crippen LogP) is 4.63. The summed E-state index contributed by atoms with van der Waals surface area (Å²) in [4.78, 5) is 7.63. The number of rotatable bonds is 3. The lowest BCUT2D eigenvalue weighted by atomic mass is 9.99. The molecule has 0 aliphatic carbocycles. The number of aromatic amines is 1. The van der Waals surface area contributed by atoms with Crippen LogP contribution in [0.2, 0.25) is 0 Å². The molecule has 0 unspecified atom stereocenters. The molecule has 130 valence electrons. The molecule has 26 heavy (non-hydrogen) atoms. The van der Waals surface area contributed by atoms with Gasteiger partial charge in [0.1, 0.15) is 22.9 Å². The van der Waals surface area contributed by atoms with Crippen molar-refractivity contribution < 1.29 is 14.9 Å². The summed E-state index contributed by atoms with van der Waals surface area (Å²) in [5.74, 6) is 0.986. The topological polar surface area (TPSA) is 78.4 Å². The molecule has 0 atom stereocenters. The van der Waals surface area contributed by atoms with Crippen LogP contribution in [0.4, 0.5) is 0 Å². The third-order valence-corrected chi connectivity index (χ3v) is 4.54. The lowest BCUT2D eigenvalue weighted by molar-refractivity contribution is 0.409. The number of aromatic hydroxyl groups is 2. The average molecular weight is 346 g/mol. The van der Waals surface area contributed by atoms with Crippen molar-refractivity contribution in [2.75, 3.05) is 7.11 Å². The summed E-state index contributed by atoms with van der Waals surface area (Å²) >= 11 is 0. The highest BCUT2D eigenvalue weighted by Gasteiger charge is 2.18. The third kappa shape index (κ3) is 2.54. The molecule has 0 aliphatic rings. The maximum atomic E-state index is 10.6. The van der Waals surface area contributed by atoms with Crippen LogP contribution in [0.5, 0.6) is 17.2 Å². The monoisotopic (exact) mass is 346 g/mol. The van der Waals surface area contributed by atoms with Crippen molar-refractivity contribution >= 4 is 11.0 Å². The summed E-state index contributed by atoms with van der Waals surface area (Å²) in [7, 11) is 1.58. The molecule has 0 saturated carbocycles. The summed E-state index contributed by atoms with van der Waals surface area (Å²) < 4.78 is 5.46. The Bertz CT molecular complexity index is 1120. The van der Waals surface area contributed by atoms with E-state index < -0.39 is 0 Å². The summed E-state index contributed by atoms with van der Waals surface area (Å²) in [5, 5.41) is 21.2. The SMILES string of the molecule is COc1ccc(C)c(O)c1-c1c[nH]c2ncc(-c3cccc(O)c3)cc12. The molecule has 5 nitrogen and oxygen atoms in total. The zero-order chi connectivity index (χ0) is 18.3. The van der Waals surface area contributed by atoms with Crippen LogP contribution in [0.15, 0.2) is 54.9 Å². The smallest absolute Gasteiger partial charge is 0.137 e. The van der Waals surface area contributed by atoms with E-state index in [-0.39, 0.29) is 11.5 Å². The van der Waals surface area contributed by atoms with E-state index in [1.807, 2.05) is 37.4 Å². The molecule has 2 aromatic heterocycles. The van der Waals surface area contributed by atoms with E-state index in [9.17, 15) is 10.2 Å². The van der Waals surface area contributed by atoms with Gasteiger partial charge >= 0.3 is 0 Å². The molecule has 5 heteroatoms. The highest BCUT2D eigenvalue weighted by molar-refractivity contribution is 5.99. The number of methoxy groups -OCH3 is 1. The van der Waals surface area contributed by atoms with Crippen molar-refractivity contribution in [2.24, 2.45) is 0 Å². The van der Waals surface area contributed by atoms with Crippen LogP contribution in [-0.2, 0) is 0 Å². The Morgan fingerprint density at radius 2 is 1.88 bits per heavy atom. The maximum Gasteiger partial charge on any atom is 0.137 e. The number of nitrogens with one attached hydrogen (secondary N) is 1. The Kier molecular flexibility index (Phi) is 3.77. The number of phenolic OH excluding ortho intramolecular Hbond substituents is 2. The molecule has 0 saturated heterocycles. The Labute approximate surface area is 150 Å². The van der Waals surface area contributed by atoms with Crippen LogP contribution in [0, 0.1) is 6.92 Å². The van der Waals surface area contributed by atoms with Gasteiger partial charge in [0.15, 0.2) is 0 Å². The number of hydrogen-bond donors (Lipinski definition) is 3. The number of aromatic nitrogens is 2. The Hall–Kier alpha value is -3.47. The lowest BCUT2D eigenvalue weighted by Crippen LogP contribution is -1.90. The van der Waals surface area contributed by atoms with E-state index in [4.69, 9.17) is 4.74 Å². The largest absolute Gasteiger partial charge is 0.508 e. The van der Waals surface area contributed by atoms with E-state index in [0.29, 0.717) is 17.0 Å². The Morgan fingerprint density at radius 1 is 1.04 bits per heavy atom. The molecule has 2 aromatic carbocycles. The normalized spacial score (nSPS) is 11.0. The van der Waals surface area contributed by atoms with Gasteiger partial charge in [0, 0.05) is 28.9 Å². The number of pyridine rings is 1. The molecule has 0 amide bonds. The van der Waals surface area contributed by atoms with E-state index in [1.54, 1.807) is 31.5 Å². The number of nitrogens with zero attached hydrogens (tertiary/aromatic N) is 1. The van der Waals surface area contributed by atoms with Gasteiger partial charge in [-0.1, -0.05) is 18.2 Å². The van der Waals surface area contributed by atoms with E-state index in [1.165, 1.54) is 0 Å². The zero-order valence-corrected chi connectivity index (χ0v) is 14.4. The van der Waals surface area contributed by atoms with Gasteiger partial charge in [0.25, 0.3) is 0 Å². The fraction of sp³-hybridized carbons (Fsp3) is 0.0952. The van der Waals surface area contributed by atoms with Crippen molar-refractivity contribution in [1.29, 1.82) is 0 Å². The Balaban J connectivity index is 1.96. The minimum Gasteiger partial charge on any atom is -0.508 e. The number of fused-ring (bicyclic) bond motifs is 1. The molecular weight excluding hydrogens is 328 g/mol. The van der Waals surface area contributed by atoms with Crippen molar-refractivity contribution in [3.63, 3.8) is 0 Å². The highest BCUT2D eigenvalue weighted by Crippen LogP contribution is 2.43. The Morgan fingerprint density at radius 3 is 2.65 bits per heavy atom. The van der Waals surface area contributed by atoms with E-state index in [2.05, 4.69) is 9.97 Å². The third-order valence-electron chi connectivity index (χ3n) is 4.54. The highest BCUT2D eigenvalue weighted by atomic mass is 16.5. The fourth-order valence-corrected chi connectivity index (χ4v) is 3.16. The van der Waals surface area contributed by atoms with E-state index in [0.717, 1.165) is 27.6 Å². The predicted molar refractivity (Wildman–Crippen MR) is 102 cm³/mol. The molecular formula is C21H18N2O3. The molecule has 0 radical (unpaired) electrons. The molecule has 4 rings (SSSR count). The molecule has 0 bridgehead atoms. The summed E-state index contributed by atoms with van der Waals surface area (Å²) in [6.07, 6.45) is 3.58. The van der Waals surface area contributed by atoms with Gasteiger partial charge in [-0.15, -0.1) is 0 Å². The first-order chi connectivity index (χ1) is 12.6. The first-order valence-corrected chi connectivity index (χ1v) is 8.22. The number of benzene rings is 2. The van der Waals surface area contributed by atoms with Crippen molar-refractivity contribution in [3.8, 4) is 39.5 Å². The van der Waals surface area contributed by atoms with Gasteiger partial charge < -0.3 is 19.9 Å². The summed E-state index contributed by atoms with van der Waals surface area (Å²) in [5.41, 5.74) is 4.67. The van der Waals surface area contributed by atoms with Crippen molar-refractivity contribution in [1.82, 2.24) is 9.97 Å². The summed E-state index contributed by atoms with van der Waals surface area (Å²) in [6.45, 7) is 1.85. The van der Waals surface area contributed by atoms with Gasteiger partial charge in [-0.05, 0) is 42.3 Å². The first-order valence-electron chi connectivity index (χ1n) is 8.22. The summed E-state index contributed by atoms with van der Waals surface area (Å²) in [6, 6.07) is 12.7. The van der Waals surface area contributed by atoms with Gasteiger partial charge in [0.2, 0.25) is 0 Å². The van der Waals surface area contributed by atoms with Crippen LogP contribution in [0.3, 0.4) is 0 Å². The number of hydrogen-bond acceptors (Lipinski definition) is 4. The lowest BCUT2D eigenvalue weighted by Gasteiger charge is -2.12. The molecule has 3 N–H and O–H groups in total. The average Bonchev–Trinajstić information content (AvgIpc) is 3.06. The van der Waals surface area contributed by atoms with Gasteiger partial charge in [-0.25, -0.2) is 4.98 Å². The van der Waals surface area contributed by atoms with Gasteiger partial charge in [-0.2, -0.15) is 0 Å². The number of H-pyrrole nitrogens is 1. The minimum atomic E-state index is 0.188. The zero-order valence-electron chi connectivity index (χ0n) is 14.4. The molecule has 2 heterocycles. The van der Waals surface area contributed by atoms with Crippen LogP contribution >= 0.6 is 0 Å². The standard InChI is InChI=1S/C21H18N2O3/c1-12-6-7-18(26-2)19(20(12)25)17-11-23-21-16(17)9-14(10-22-21)13-4-3-5-15(24)8-13/h3-11,24-25H,1-2H3,(H,22,23). The van der Waals surface area contributed by atoms with E-state index >= 15 is 0 Å². The molecule has 4 aromatic rings. The molecule has 0 aliphatic heterocycles. The number of aryl methyl sites for hydroxylation is 1. The van der Waals surface area contributed by atoms with Gasteiger partial charge in [0.05, 0.1) is 12.7 Å². The van der Waals surface area contributed by atoms with Crippen molar-refractivity contribution in [2.45, 2.75) is 6.92 Å². The second kappa shape index (κ2) is 6.11. The van der Waals surface area contributed by atoms with Crippen molar-refractivity contribution in [3.05, 3.63) is 60.4 Å². The first kappa shape index (κ1) is 16.0. The van der Waals surface area contributed by atoms with Crippen LogP contribution < -0.4 is 4.74 Å². The number of ether oxygens (including phenoxy) is 1. The molecule has 0 fully saturated rings.